The fraction of sp³-hybridized carbons (Fsp3) is 0.0588. The molecule has 0 fully saturated rings. The second-order valence-corrected chi connectivity index (χ2v) is 17.1. The van der Waals surface area contributed by atoms with Gasteiger partial charge in [0.15, 0.2) is 5.58 Å². The van der Waals surface area contributed by atoms with Crippen LogP contribution < -0.4 is 26.2 Å². The zero-order chi connectivity index (χ0) is 36.9. The molecule has 13 rings (SSSR count). The van der Waals surface area contributed by atoms with E-state index in [2.05, 4.69) is 187 Å². The fourth-order valence-electron chi connectivity index (χ4n) is 10.4. The Bertz CT molecular complexity index is 3340. The zero-order valence-electron chi connectivity index (χ0n) is 30.9. The average Bonchev–Trinajstić information content (AvgIpc) is 3.87. The number of fused-ring (bicyclic) bond motifs is 13. The van der Waals surface area contributed by atoms with Crippen molar-refractivity contribution in [3.05, 3.63) is 175 Å². The van der Waals surface area contributed by atoms with Crippen LogP contribution in [0.15, 0.2) is 168 Å². The third-order valence-corrected chi connectivity index (χ3v) is 14.0. The molecule has 56 heavy (non-hydrogen) atoms. The predicted molar refractivity (Wildman–Crippen MR) is 238 cm³/mol. The average molecular weight is 733 g/mol. The molecule has 0 bridgehead atoms. The summed E-state index contributed by atoms with van der Waals surface area (Å²) in [7, 11) is 0. The van der Waals surface area contributed by atoms with Gasteiger partial charge in [0.25, 0.3) is 6.71 Å². The minimum atomic E-state index is -0.102. The lowest BCUT2D eigenvalue weighted by atomic mass is 9.33. The molecule has 0 N–H and O–H groups in total. The maximum absolute atomic E-state index is 7.05. The van der Waals surface area contributed by atoms with E-state index in [-0.39, 0.29) is 12.1 Å². The van der Waals surface area contributed by atoms with Crippen LogP contribution in [0, 0.1) is 0 Å². The Labute approximate surface area is 328 Å². The monoisotopic (exact) mass is 732 g/mol. The molecule has 3 nitrogen and oxygen atoms in total. The van der Waals surface area contributed by atoms with Gasteiger partial charge in [0.05, 0.1) is 5.69 Å². The van der Waals surface area contributed by atoms with Crippen molar-refractivity contribution in [3.8, 4) is 11.1 Å². The molecule has 0 amide bonds. The summed E-state index contributed by atoms with van der Waals surface area (Å²) in [5, 5.41) is 4.90. The minimum Gasteiger partial charge on any atom is -0.454 e. The Morgan fingerprint density at radius 2 is 1.12 bits per heavy atom. The van der Waals surface area contributed by atoms with Crippen molar-refractivity contribution in [1.29, 1.82) is 0 Å². The Hall–Kier alpha value is -6.56. The van der Waals surface area contributed by atoms with Crippen LogP contribution in [0.1, 0.15) is 25.0 Å². The molecule has 3 aliphatic rings. The molecule has 0 radical (unpaired) electrons. The number of furan rings is 1. The zero-order valence-corrected chi connectivity index (χ0v) is 31.7. The first-order valence-electron chi connectivity index (χ1n) is 19.5. The van der Waals surface area contributed by atoms with Crippen LogP contribution in [-0.2, 0) is 5.41 Å². The number of anilines is 6. The Balaban J connectivity index is 1.05. The van der Waals surface area contributed by atoms with Gasteiger partial charge in [0.2, 0.25) is 0 Å². The van der Waals surface area contributed by atoms with Crippen LogP contribution in [0.25, 0.3) is 53.2 Å². The Morgan fingerprint density at radius 3 is 1.98 bits per heavy atom. The summed E-state index contributed by atoms with van der Waals surface area (Å²) in [6, 6.07) is 60.8. The van der Waals surface area contributed by atoms with Crippen molar-refractivity contribution in [3.63, 3.8) is 0 Å². The van der Waals surface area contributed by atoms with Gasteiger partial charge in [-0.2, -0.15) is 0 Å². The van der Waals surface area contributed by atoms with Crippen molar-refractivity contribution >= 4 is 111 Å². The molecule has 1 aliphatic carbocycles. The maximum Gasteiger partial charge on any atom is 0.252 e. The molecule has 0 unspecified atom stereocenters. The normalized spacial score (nSPS) is 14.6. The van der Waals surface area contributed by atoms with E-state index < -0.39 is 0 Å². The molecular weight excluding hydrogens is 699 g/mol. The topological polar surface area (TPSA) is 19.6 Å². The highest BCUT2D eigenvalue weighted by Crippen LogP contribution is 2.52. The third-order valence-electron chi connectivity index (χ3n) is 12.8. The molecular formula is C51H33BN2OS. The Morgan fingerprint density at radius 1 is 0.482 bits per heavy atom. The van der Waals surface area contributed by atoms with Crippen molar-refractivity contribution in [2.24, 2.45) is 0 Å². The molecule has 5 heteroatoms. The second kappa shape index (κ2) is 10.8. The van der Waals surface area contributed by atoms with Gasteiger partial charge in [-0.05, 0) is 105 Å². The molecule has 0 spiro atoms. The van der Waals surface area contributed by atoms with Gasteiger partial charge >= 0.3 is 0 Å². The van der Waals surface area contributed by atoms with Crippen LogP contribution in [0.4, 0.5) is 34.1 Å². The number of hydrogen-bond acceptors (Lipinski definition) is 4. The Kier molecular flexibility index (Phi) is 5.93. The number of hydrogen-bond donors (Lipinski definition) is 0. The summed E-state index contributed by atoms with van der Waals surface area (Å²) < 4.78 is 9.68. The number of rotatable bonds is 2. The quantitative estimate of drug-likeness (QED) is 0.165. The van der Waals surface area contributed by atoms with E-state index in [9.17, 15) is 0 Å². The summed E-state index contributed by atoms with van der Waals surface area (Å²) in [6.07, 6.45) is 0. The molecule has 0 saturated heterocycles. The summed E-state index contributed by atoms with van der Waals surface area (Å²) in [5.74, 6) is 0. The van der Waals surface area contributed by atoms with E-state index in [1.165, 1.54) is 87.3 Å². The first-order valence-corrected chi connectivity index (χ1v) is 20.3. The van der Waals surface area contributed by atoms with Crippen molar-refractivity contribution in [2.75, 3.05) is 9.80 Å². The van der Waals surface area contributed by atoms with Gasteiger partial charge < -0.3 is 14.2 Å². The van der Waals surface area contributed by atoms with Gasteiger partial charge in [-0.3, -0.25) is 0 Å². The van der Waals surface area contributed by atoms with E-state index in [0.29, 0.717) is 0 Å². The molecule has 2 aromatic heterocycles. The molecule has 262 valence electrons. The fourth-order valence-corrected chi connectivity index (χ4v) is 11.5. The van der Waals surface area contributed by atoms with Crippen LogP contribution >= 0.6 is 11.3 Å². The van der Waals surface area contributed by atoms with Gasteiger partial charge in [-0.25, -0.2) is 0 Å². The standard InChI is InChI=1S/C51H33BN2OS/c1-51(2)37-16-5-3-13-31(37)34-28-35-33-15-11-23-45(50(33)55-46(35)29-38(34)51)54-42-20-9-7-18-40(42)52-39-17-6-8-19-41(39)53(43-21-12-22-44(54)49(43)52)30-25-26-48-36(27-30)32-14-4-10-24-47(32)56-48/h3-29H,1-2H3. The minimum absolute atomic E-state index is 0.0759. The number of thiophene rings is 1. The lowest BCUT2D eigenvalue weighted by Gasteiger charge is -2.43. The van der Waals surface area contributed by atoms with Gasteiger partial charge in [0.1, 0.15) is 5.58 Å². The van der Waals surface area contributed by atoms with Crippen LogP contribution in [0.3, 0.4) is 0 Å². The first kappa shape index (κ1) is 30.7. The molecule has 4 heterocycles. The van der Waals surface area contributed by atoms with E-state index in [1.807, 2.05) is 11.3 Å². The first-order chi connectivity index (χ1) is 27.5. The summed E-state index contributed by atoms with van der Waals surface area (Å²) in [5.41, 5.74) is 18.0. The van der Waals surface area contributed by atoms with Gasteiger partial charge in [-0.15, -0.1) is 11.3 Å². The largest absolute Gasteiger partial charge is 0.454 e. The molecule has 0 atom stereocenters. The van der Waals surface area contributed by atoms with Crippen LogP contribution in [0.5, 0.6) is 0 Å². The second-order valence-electron chi connectivity index (χ2n) is 16.0. The summed E-state index contributed by atoms with van der Waals surface area (Å²) >= 11 is 1.87. The third kappa shape index (κ3) is 3.88. The van der Waals surface area contributed by atoms with Crippen molar-refractivity contribution < 1.29 is 4.42 Å². The maximum atomic E-state index is 7.05. The van der Waals surface area contributed by atoms with Crippen molar-refractivity contribution in [1.82, 2.24) is 0 Å². The smallest absolute Gasteiger partial charge is 0.252 e. The lowest BCUT2D eigenvalue weighted by molar-refractivity contribution is 0.647. The molecule has 8 aromatic carbocycles. The predicted octanol–water partition coefficient (Wildman–Crippen LogP) is 12.3. The number of nitrogens with zero attached hydrogens (tertiary/aromatic N) is 2. The van der Waals surface area contributed by atoms with E-state index >= 15 is 0 Å². The van der Waals surface area contributed by atoms with Gasteiger partial charge in [-0.1, -0.05) is 111 Å². The highest BCUT2D eigenvalue weighted by Gasteiger charge is 2.43. The van der Waals surface area contributed by atoms with E-state index in [1.54, 1.807) is 0 Å². The molecule has 10 aromatic rings. The van der Waals surface area contributed by atoms with Crippen LogP contribution in [-0.4, -0.2) is 6.71 Å². The summed E-state index contributed by atoms with van der Waals surface area (Å²) in [4.78, 5) is 4.95. The van der Waals surface area contributed by atoms with Crippen molar-refractivity contribution in [2.45, 2.75) is 19.3 Å². The molecule has 2 aliphatic heterocycles. The highest BCUT2D eigenvalue weighted by molar-refractivity contribution is 7.25. The highest BCUT2D eigenvalue weighted by atomic mass is 32.1. The van der Waals surface area contributed by atoms with E-state index in [4.69, 9.17) is 4.42 Å². The number of para-hydroxylation sites is 3. The summed E-state index contributed by atoms with van der Waals surface area (Å²) in [6.45, 7) is 4.74. The van der Waals surface area contributed by atoms with Gasteiger partial charge in [0, 0.05) is 64.8 Å². The molecule has 0 saturated carbocycles. The number of benzene rings is 8. The van der Waals surface area contributed by atoms with Crippen LogP contribution in [0.2, 0.25) is 0 Å². The lowest BCUT2D eigenvalue weighted by Crippen LogP contribution is -2.61. The SMILES string of the molecule is CC1(C)c2ccccc2-c2cc3c(cc21)oc1c(N2c4ccccc4B4c5ccccc5N(c5ccc6sc7ccccc7c6c5)c5cccc2c54)cccc13. The van der Waals surface area contributed by atoms with E-state index in [0.717, 1.165) is 27.6 Å².